The summed E-state index contributed by atoms with van der Waals surface area (Å²) in [5.41, 5.74) is -2.71. The van der Waals surface area contributed by atoms with Crippen LogP contribution >= 0.6 is 11.6 Å². The van der Waals surface area contributed by atoms with Gasteiger partial charge in [-0.1, -0.05) is 73.0 Å². The summed E-state index contributed by atoms with van der Waals surface area (Å²) in [4.78, 5) is 51.2. The van der Waals surface area contributed by atoms with Gasteiger partial charge in [-0.3, -0.25) is 23.9 Å². The summed E-state index contributed by atoms with van der Waals surface area (Å²) >= 11 is 8.03. The molecule has 0 bridgehead atoms. The first kappa shape index (κ1) is 38.7. The van der Waals surface area contributed by atoms with E-state index in [2.05, 4.69) is 0 Å². The van der Waals surface area contributed by atoms with E-state index in [0.717, 1.165) is 18.4 Å². The number of aliphatic hydroxyl groups is 1. The normalized spacial score (nSPS) is 35.7. The first-order valence-electron chi connectivity index (χ1n) is 17.8. The van der Waals surface area contributed by atoms with Crippen molar-refractivity contribution < 1.29 is 48.0 Å². The Bertz CT molecular complexity index is 1280. The van der Waals surface area contributed by atoms with E-state index < -0.39 is 63.8 Å². The van der Waals surface area contributed by atoms with Gasteiger partial charge in [0.2, 0.25) is 5.78 Å². The molecule has 0 spiro atoms. The molecule has 0 heterocycles. The van der Waals surface area contributed by atoms with Crippen molar-refractivity contribution in [1.29, 1.82) is 0 Å². The first-order chi connectivity index (χ1) is 22.6. The highest BCUT2D eigenvalue weighted by Gasteiger charge is 2.77. The Morgan fingerprint density at radius 2 is 1.62 bits per heavy atom. The van der Waals surface area contributed by atoms with Gasteiger partial charge in [0, 0.05) is 29.6 Å². The van der Waals surface area contributed by atoms with Crippen LogP contribution in [0.25, 0.3) is 0 Å². The summed E-state index contributed by atoms with van der Waals surface area (Å²) in [5, 5.41) is 11.9. The Hall–Kier alpha value is -2.11. The van der Waals surface area contributed by atoms with Crippen LogP contribution in [0.5, 0.6) is 0 Å². The standard InChI is InChI=1S/C37H55ClO10/c1-8-12-18-45-37(43,46-19-13-9-2)47-30-22-34(7)28(27-15-14-25-21-26(39)16-17-33(25,6)35(27,30)38)20-24(5)36(34,48-32(42)11-4)29(40)23-44-31(41)10-3/h16-17,21,24,27-28,30,43H,8-15,18-20,22-23H2,1-7H3/t24-,27-,28-,30-,33-,34-,35?,36-/m0/s1. The second-order valence-corrected chi connectivity index (χ2v) is 15.0. The van der Waals surface area contributed by atoms with E-state index in [4.69, 9.17) is 35.3 Å². The van der Waals surface area contributed by atoms with Crippen molar-refractivity contribution in [3.05, 3.63) is 23.8 Å². The summed E-state index contributed by atoms with van der Waals surface area (Å²) in [6, 6.07) is 0. The minimum absolute atomic E-state index is 0.0430. The number of ether oxygens (including phenoxy) is 5. The van der Waals surface area contributed by atoms with Crippen molar-refractivity contribution in [3.8, 4) is 0 Å². The average molecular weight is 695 g/mol. The SMILES string of the molecule is CCCCOC(O)(OCCCC)O[C@H]1C[C@@]2(C)[C@@H](C[C@H](C)[C@]2(OC(=O)CC)C(=O)COC(=O)CC)[C@@H]2CCC3=CC(=O)C=C[C@]3(C)C12Cl. The lowest BCUT2D eigenvalue weighted by Crippen LogP contribution is -2.71. The average Bonchev–Trinajstić information content (AvgIpc) is 3.26. The van der Waals surface area contributed by atoms with Crippen LogP contribution in [0.4, 0.5) is 0 Å². The number of alkyl halides is 1. The Morgan fingerprint density at radius 1 is 1.00 bits per heavy atom. The van der Waals surface area contributed by atoms with E-state index in [-0.39, 0.29) is 50.1 Å². The van der Waals surface area contributed by atoms with Crippen LogP contribution in [-0.4, -0.2) is 71.2 Å². The Labute approximate surface area is 290 Å². The van der Waals surface area contributed by atoms with Gasteiger partial charge < -0.3 is 24.1 Å². The molecule has 0 aliphatic heterocycles. The number of Topliss-reactive ketones (excluding diaryl/α,β-unsaturated/α-hetero) is 1. The minimum atomic E-state index is -2.45. The van der Waals surface area contributed by atoms with Gasteiger partial charge in [-0.2, -0.15) is 0 Å². The molecule has 48 heavy (non-hydrogen) atoms. The number of unbranched alkanes of at least 4 members (excludes halogenated alkanes) is 2. The molecule has 4 aliphatic rings. The molecule has 0 aromatic rings. The predicted octanol–water partition coefficient (Wildman–Crippen LogP) is 6.35. The van der Waals surface area contributed by atoms with Gasteiger partial charge in [0.1, 0.15) is 0 Å². The third-order valence-electron chi connectivity index (χ3n) is 11.6. The molecular formula is C37H55ClO10. The number of rotatable bonds is 16. The first-order valence-corrected chi connectivity index (χ1v) is 18.2. The fraction of sp³-hybridized carbons (Fsp3) is 0.784. The molecule has 1 N–H and O–H groups in total. The Morgan fingerprint density at radius 3 is 2.21 bits per heavy atom. The summed E-state index contributed by atoms with van der Waals surface area (Å²) < 4.78 is 30.1. The maximum atomic E-state index is 14.4. The van der Waals surface area contributed by atoms with Gasteiger partial charge in [0.25, 0.3) is 0 Å². The molecule has 3 fully saturated rings. The van der Waals surface area contributed by atoms with Crippen molar-refractivity contribution in [2.24, 2.45) is 28.6 Å². The van der Waals surface area contributed by atoms with E-state index in [1.165, 1.54) is 6.08 Å². The monoisotopic (exact) mass is 694 g/mol. The highest BCUT2D eigenvalue weighted by molar-refractivity contribution is 6.26. The lowest BCUT2D eigenvalue weighted by molar-refractivity contribution is -0.501. The number of carbonyl (C=O) groups excluding carboxylic acids is 4. The molecule has 0 radical (unpaired) electrons. The molecular weight excluding hydrogens is 640 g/mol. The van der Waals surface area contributed by atoms with Gasteiger partial charge in [-0.25, -0.2) is 0 Å². The quantitative estimate of drug-likeness (QED) is 0.0843. The van der Waals surface area contributed by atoms with Crippen LogP contribution in [0, 0.1) is 28.6 Å². The van der Waals surface area contributed by atoms with Crippen molar-refractivity contribution in [1.82, 2.24) is 0 Å². The molecule has 0 aromatic heterocycles. The van der Waals surface area contributed by atoms with Gasteiger partial charge in [-0.05, 0) is 62.5 Å². The number of esters is 2. The molecule has 1 unspecified atom stereocenters. The summed E-state index contributed by atoms with van der Waals surface area (Å²) in [6.07, 6.45) is 6.35. The van der Waals surface area contributed by atoms with Crippen LogP contribution in [0.2, 0.25) is 0 Å². The van der Waals surface area contributed by atoms with Crippen molar-refractivity contribution in [2.45, 2.75) is 135 Å². The molecule has 0 saturated heterocycles. The van der Waals surface area contributed by atoms with Gasteiger partial charge in [0.05, 0.1) is 24.2 Å². The van der Waals surface area contributed by atoms with Crippen LogP contribution in [0.3, 0.4) is 0 Å². The van der Waals surface area contributed by atoms with Crippen LogP contribution in [-0.2, 0) is 42.9 Å². The lowest BCUT2D eigenvalue weighted by Gasteiger charge is -2.65. The number of hydrogen-bond donors (Lipinski definition) is 1. The topological polar surface area (TPSA) is 135 Å². The largest absolute Gasteiger partial charge is 0.457 e. The lowest BCUT2D eigenvalue weighted by atomic mass is 9.45. The Kier molecular flexibility index (Phi) is 12.1. The van der Waals surface area contributed by atoms with Gasteiger partial charge in [0.15, 0.2) is 18.0 Å². The van der Waals surface area contributed by atoms with Crippen LogP contribution in [0.1, 0.15) is 113 Å². The molecule has 0 amide bonds. The summed E-state index contributed by atoms with van der Waals surface area (Å²) in [5.74, 6) is -2.69. The number of fused-ring (bicyclic) bond motifs is 5. The molecule has 10 nitrogen and oxygen atoms in total. The maximum absolute atomic E-state index is 14.4. The molecule has 8 atom stereocenters. The zero-order valence-electron chi connectivity index (χ0n) is 29.7. The highest BCUT2D eigenvalue weighted by Crippen LogP contribution is 2.72. The molecule has 0 aromatic carbocycles. The van der Waals surface area contributed by atoms with Crippen LogP contribution < -0.4 is 0 Å². The Balaban J connectivity index is 1.89. The highest BCUT2D eigenvalue weighted by atomic mass is 35.5. The third-order valence-corrected chi connectivity index (χ3v) is 12.6. The molecule has 4 aliphatic carbocycles. The second kappa shape index (κ2) is 15.0. The van der Waals surface area contributed by atoms with Gasteiger partial charge in [-0.15, -0.1) is 11.6 Å². The van der Waals surface area contributed by atoms with E-state index in [0.29, 0.717) is 32.1 Å². The fourth-order valence-corrected chi connectivity index (χ4v) is 9.64. The van der Waals surface area contributed by atoms with Crippen molar-refractivity contribution in [3.63, 3.8) is 0 Å². The number of ketones is 2. The number of halogens is 1. The summed E-state index contributed by atoms with van der Waals surface area (Å²) in [6.45, 7) is 12.9. The molecule has 11 heteroatoms. The van der Waals surface area contributed by atoms with E-state index >= 15 is 0 Å². The second-order valence-electron chi connectivity index (χ2n) is 14.4. The van der Waals surface area contributed by atoms with Gasteiger partial charge >= 0.3 is 18.1 Å². The smallest absolute Gasteiger partial charge is 0.410 e. The number of hydrogen-bond acceptors (Lipinski definition) is 10. The van der Waals surface area contributed by atoms with Crippen LogP contribution in [0.15, 0.2) is 23.8 Å². The van der Waals surface area contributed by atoms with E-state index in [1.807, 2.05) is 40.7 Å². The van der Waals surface area contributed by atoms with Crippen molar-refractivity contribution in [2.75, 3.05) is 19.8 Å². The number of allylic oxidation sites excluding steroid dienone is 4. The maximum Gasteiger partial charge on any atom is 0.410 e. The third kappa shape index (κ3) is 6.57. The predicted molar refractivity (Wildman–Crippen MR) is 179 cm³/mol. The zero-order chi connectivity index (χ0) is 35.5. The minimum Gasteiger partial charge on any atom is -0.457 e. The molecule has 270 valence electrons. The molecule has 4 rings (SSSR count). The van der Waals surface area contributed by atoms with E-state index in [1.54, 1.807) is 19.9 Å². The number of carbonyl (C=O) groups is 4. The summed E-state index contributed by atoms with van der Waals surface area (Å²) in [7, 11) is 0. The van der Waals surface area contributed by atoms with E-state index in [9.17, 15) is 24.3 Å². The zero-order valence-corrected chi connectivity index (χ0v) is 30.5. The molecule has 3 saturated carbocycles. The fourth-order valence-electron chi connectivity index (χ4n) is 9.08. The van der Waals surface area contributed by atoms with Crippen molar-refractivity contribution >= 4 is 35.1 Å².